The lowest BCUT2D eigenvalue weighted by atomic mass is 9.85. The van der Waals surface area contributed by atoms with Crippen LogP contribution in [0.2, 0.25) is 0 Å². The Morgan fingerprint density at radius 1 is 1.40 bits per heavy atom. The molecule has 0 unspecified atom stereocenters. The maximum Gasteiger partial charge on any atom is 0.238 e. The Morgan fingerprint density at radius 3 is 2.75 bits per heavy atom. The molecular weight excluding hydrogens is 276 g/mol. The quantitative estimate of drug-likeness (QED) is 0.544. The molecule has 110 valence electrons. The second-order valence-electron chi connectivity index (χ2n) is 5.07. The molecule has 1 aliphatic carbocycles. The van der Waals surface area contributed by atoms with Crippen molar-refractivity contribution in [2.45, 2.75) is 30.7 Å². The van der Waals surface area contributed by atoms with E-state index >= 15 is 0 Å². The van der Waals surface area contributed by atoms with E-state index in [0.717, 1.165) is 12.1 Å². The summed E-state index contributed by atoms with van der Waals surface area (Å²) >= 11 is 0. The maximum atomic E-state index is 11.2. The summed E-state index contributed by atoms with van der Waals surface area (Å²) in [5.74, 6) is 1.09. The molecule has 0 aliphatic heterocycles. The van der Waals surface area contributed by atoms with Gasteiger partial charge in [-0.1, -0.05) is 18.6 Å². The number of nitrogens with zero attached hydrogens (tertiary/aromatic N) is 1. The van der Waals surface area contributed by atoms with Gasteiger partial charge in [0.2, 0.25) is 10.0 Å². The normalized spacial score (nSPS) is 16.8. The van der Waals surface area contributed by atoms with Crippen molar-refractivity contribution in [3.63, 3.8) is 0 Å². The highest BCUT2D eigenvalue weighted by Gasteiger charge is 2.16. The van der Waals surface area contributed by atoms with Gasteiger partial charge in [-0.05, 0) is 36.5 Å². The topological polar surface area (TPSA) is 111 Å². The molecule has 0 bridgehead atoms. The van der Waals surface area contributed by atoms with Gasteiger partial charge in [-0.15, -0.1) is 0 Å². The summed E-state index contributed by atoms with van der Waals surface area (Å²) in [7, 11) is -3.68. The van der Waals surface area contributed by atoms with Crippen LogP contribution in [0.5, 0.6) is 0 Å². The Hall–Kier alpha value is -1.60. The van der Waals surface area contributed by atoms with Gasteiger partial charge in [-0.2, -0.15) is 0 Å². The first-order chi connectivity index (χ1) is 9.45. The molecule has 0 atom stereocenters. The second kappa shape index (κ2) is 6.23. The zero-order valence-corrected chi connectivity index (χ0v) is 12.1. The summed E-state index contributed by atoms with van der Waals surface area (Å²) in [6.45, 7) is 1.18. The van der Waals surface area contributed by atoms with Gasteiger partial charge in [0.15, 0.2) is 5.96 Å². The molecule has 0 heterocycles. The van der Waals surface area contributed by atoms with Crippen molar-refractivity contribution in [2.24, 2.45) is 21.8 Å². The van der Waals surface area contributed by atoms with Crippen LogP contribution in [-0.4, -0.2) is 20.9 Å². The van der Waals surface area contributed by atoms with Crippen molar-refractivity contribution in [3.05, 3.63) is 29.8 Å². The van der Waals surface area contributed by atoms with Gasteiger partial charge < -0.3 is 11.1 Å². The molecule has 0 aromatic heterocycles. The maximum absolute atomic E-state index is 11.2. The first-order valence-corrected chi connectivity index (χ1v) is 8.15. The number of rotatable bonds is 5. The van der Waals surface area contributed by atoms with E-state index in [9.17, 15) is 8.42 Å². The standard InChI is InChI=1S/C13H20N4O2S/c14-13(16-8-10-3-1-4-10)17-9-11-5-2-6-12(7-11)20(15,18)19/h2,5-7,10H,1,3-4,8-9H2,(H3,14,16,17)(H2,15,18,19). The van der Waals surface area contributed by atoms with Gasteiger partial charge in [0.1, 0.15) is 0 Å². The predicted molar refractivity (Wildman–Crippen MR) is 78.5 cm³/mol. The van der Waals surface area contributed by atoms with E-state index in [2.05, 4.69) is 10.3 Å². The van der Waals surface area contributed by atoms with Crippen molar-refractivity contribution < 1.29 is 8.42 Å². The molecule has 1 aromatic carbocycles. The number of primary sulfonamides is 1. The number of benzene rings is 1. The van der Waals surface area contributed by atoms with Crippen LogP contribution in [0.1, 0.15) is 24.8 Å². The fraction of sp³-hybridized carbons (Fsp3) is 0.462. The lowest BCUT2D eigenvalue weighted by Crippen LogP contribution is -2.37. The van der Waals surface area contributed by atoms with Gasteiger partial charge in [-0.25, -0.2) is 18.5 Å². The van der Waals surface area contributed by atoms with Crippen molar-refractivity contribution in [1.29, 1.82) is 0 Å². The fourth-order valence-corrected chi connectivity index (χ4v) is 2.58. The third-order valence-electron chi connectivity index (χ3n) is 3.46. The minimum atomic E-state index is -3.68. The van der Waals surface area contributed by atoms with Crippen LogP contribution in [0.3, 0.4) is 0 Å². The minimum absolute atomic E-state index is 0.0891. The monoisotopic (exact) mass is 296 g/mol. The van der Waals surface area contributed by atoms with Crippen LogP contribution in [0.25, 0.3) is 0 Å². The summed E-state index contributed by atoms with van der Waals surface area (Å²) in [6.07, 6.45) is 3.79. The molecule has 0 amide bonds. The van der Waals surface area contributed by atoms with Gasteiger partial charge in [0.25, 0.3) is 0 Å². The molecule has 1 aliphatic rings. The van der Waals surface area contributed by atoms with Gasteiger partial charge in [-0.3, -0.25) is 0 Å². The summed E-state index contributed by atoms with van der Waals surface area (Å²) in [5.41, 5.74) is 6.52. The molecule has 7 heteroatoms. The zero-order chi connectivity index (χ0) is 14.6. The van der Waals surface area contributed by atoms with E-state index in [4.69, 9.17) is 10.9 Å². The van der Waals surface area contributed by atoms with E-state index in [0.29, 0.717) is 18.4 Å². The Morgan fingerprint density at radius 2 is 2.15 bits per heavy atom. The number of hydrogen-bond donors (Lipinski definition) is 3. The highest BCUT2D eigenvalue weighted by atomic mass is 32.2. The molecular formula is C13H20N4O2S. The van der Waals surface area contributed by atoms with E-state index < -0.39 is 10.0 Å². The average molecular weight is 296 g/mol. The van der Waals surface area contributed by atoms with E-state index in [-0.39, 0.29) is 4.90 Å². The molecule has 1 fully saturated rings. The van der Waals surface area contributed by atoms with Crippen LogP contribution < -0.4 is 16.2 Å². The van der Waals surface area contributed by atoms with Crippen LogP contribution in [0.4, 0.5) is 0 Å². The molecule has 0 radical (unpaired) electrons. The highest BCUT2D eigenvalue weighted by Crippen LogP contribution is 2.24. The van der Waals surface area contributed by atoms with Crippen molar-refractivity contribution >= 4 is 16.0 Å². The number of nitrogens with one attached hydrogen (secondary N) is 1. The number of aliphatic imine (C=N–C) groups is 1. The molecule has 1 aromatic rings. The van der Waals surface area contributed by atoms with Crippen LogP contribution in [0, 0.1) is 5.92 Å². The van der Waals surface area contributed by atoms with Gasteiger partial charge >= 0.3 is 0 Å². The summed E-state index contributed by atoms with van der Waals surface area (Å²) in [5, 5.41) is 8.17. The van der Waals surface area contributed by atoms with Crippen LogP contribution >= 0.6 is 0 Å². The zero-order valence-electron chi connectivity index (χ0n) is 11.2. The Bertz CT molecular complexity index is 594. The number of guanidine groups is 1. The molecule has 2 rings (SSSR count). The van der Waals surface area contributed by atoms with E-state index in [1.807, 2.05) is 0 Å². The van der Waals surface area contributed by atoms with E-state index in [1.54, 1.807) is 12.1 Å². The third kappa shape index (κ3) is 4.21. The molecule has 0 saturated heterocycles. The van der Waals surface area contributed by atoms with Crippen molar-refractivity contribution in [3.8, 4) is 0 Å². The van der Waals surface area contributed by atoms with Crippen LogP contribution in [0.15, 0.2) is 34.2 Å². The fourth-order valence-electron chi connectivity index (χ4n) is 2.00. The number of sulfonamides is 1. The SMILES string of the molecule is NC(=NCc1cccc(S(N)(=O)=O)c1)NCC1CCC1. The highest BCUT2D eigenvalue weighted by molar-refractivity contribution is 7.89. The first-order valence-electron chi connectivity index (χ1n) is 6.60. The summed E-state index contributed by atoms with van der Waals surface area (Å²) < 4.78 is 22.5. The molecule has 1 saturated carbocycles. The molecule has 6 nitrogen and oxygen atoms in total. The Balaban J connectivity index is 1.92. The average Bonchev–Trinajstić information content (AvgIpc) is 2.34. The van der Waals surface area contributed by atoms with E-state index in [1.165, 1.54) is 31.4 Å². The largest absolute Gasteiger partial charge is 0.370 e. The Kier molecular flexibility index (Phi) is 4.61. The number of nitrogens with two attached hydrogens (primary N) is 2. The van der Waals surface area contributed by atoms with Crippen molar-refractivity contribution in [1.82, 2.24) is 5.32 Å². The second-order valence-corrected chi connectivity index (χ2v) is 6.63. The number of hydrogen-bond acceptors (Lipinski definition) is 3. The molecule has 20 heavy (non-hydrogen) atoms. The Labute approximate surface area is 119 Å². The summed E-state index contributed by atoms with van der Waals surface area (Å²) in [6, 6.07) is 6.40. The molecule has 5 N–H and O–H groups in total. The third-order valence-corrected chi connectivity index (χ3v) is 4.37. The predicted octanol–water partition coefficient (Wildman–Crippen LogP) is 0.538. The summed E-state index contributed by atoms with van der Waals surface area (Å²) in [4.78, 5) is 4.28. The minimum Gasteiger partial charge on any atom is -0.370 e. The van der Waals surface area contributed by atoms with Crippen LogP contribution in [-0.2, 0) is 16.6 Å². The molecule has 0 spiro atoms. The smallest absolute Gasteiger partial charge is 0.238 e. The van der Waals surface area contributed by atoms with Gasteiger partial charge in [0.05, 0.1) is 11.4 Å². The lowest BCUT2D eigenvalue weighted by Gasteiger charge is -2.25. The first kappa shape index (κ1) is 14.8. The lowest BCUT2D eigenvalue weighted by molar-refractivity contribution is 0.315. The van der Waals surface area contributed by atoms with Crippen molar-refractivity contribution in [2.75, 3.05) is 6.54 Å². The van der Waals surface area contributed by atoms with Gasteiger partial charge in [0, 0.05) is 6.54 Å².